The number of anilines is 1. The van der Waals surface area contributed by atoms with Crippen LogP contribution in [0.15, 0.2) is 24.3 Å². The lowest BCUT2D eigenvalue weighted by molar-refractivity contribution is -0.189. The second-order valence-corrected chi connectivity index (χ2v) is 6.10. The van der Waals surface area contributed by atoms with Gasteiger partial charge in [-0.25, -0.2) is 0 Å². The van der Waals surface area contributed by atoms with Gasteiger partial charge in [0.2, 0.25) is 0 Å². The van der Waals surface area contributed by atoms with Crippen molar-refractivity contribution in [1.29, 1.82) is 0 Å². The first-order valence-corrected chi connectivity index (χ1v) is 7.58. The summed E-state index contributed by atoms with van der Waals surface area (Å²) in [6.45, 7) is 2.70. The highest BCUT2D eigenvalue weighted by Crippen LogP contribution is 2.30. The molecule has 0 spiro atoms. The second kappa shape index (κ2) is 6.52. The third kappa shape index (κ3) is 4.78. The lowest BCUT2D eigenvalue weighted by atomic mass is 10.3. The molecule has 1 rings (SSSR count). The topological polar surface area (TPSA) is 58.6 Å². The summed E-state index contributed by atoms with van der Waals surface area (Å²) in [6, 6.07) is 5.56. The van der Waals surface area contributed by atoms with Gasteiger partial charge in [-0.05, 0) is 19.1 Å². The maximum absolute atomic E-state index is 12.5. The minimum atomic E-state index is -4.54. The third-order valence-corrected chi connectivity index (χ3v) is 4.30. The molecule has 120 valence electrons. The Hall–Kier alpha value is -1.48. The van der Waals surface area contributed by atoms with E-state index in [4.69, 9.17) is 4.74 Å². The van der Waals surface area contributed by atoms with Gasteiger partial charge in [-0.1, -0.05) is 19.1 Å². The van der Waals surface area contributed by atoms with E-state index in [9.17, 15) is 21.6 Å². The van der Waals surface area contributed by atoms with Crippen LogP contribution in [0, 0.1) is 0 Å². The number of hydrogen-bond donors (Lipinski definition) is 1. The van der Waals surface area contributed by atoms with Crippen molar-refractivity contribution >= 4 is 15.9 Å². The smallest absolute Gasteiger partial charge is 0.425 e. The van der Waals surface area contributed by atoms with E-state index in [-0.39, 0.29) is 18.0 Å². The lowest BCUT2D eigenvalue weighted by Crippen LogP contribution is -2.33. The molecule has 5 nitrogen and oxygen atoms in total. The fourth-order valence-electron chi connectivity index (χ4n) is 1.30. The van der Waals surface area contributed by atoms with Gasteiger partial charge in [-0.2, -0.15) is 25.9 Å². The first-order chi connectivity index (χ1) is 9.58. The molecule has 9 heteroatoms. The van der Waals surface area contributed by atoms with Gasteiger partial charge < -0.3 is 4.74 Å². The molecule has 0 radical (unpaired) electrons. The summed E-state index contributed by atoms with van der Waals surface area (Å²) in [5, 5.41) is 0. The van der Waals surface area contributed by atoms with E-state index in [0.717, 1.165) is 11.2 Å². The fraction of sp³-hybridized carbons (Fsp3) is 0.500. The molecule has 0 heterocycles. The number of ether oxygens (including phenoxy) is 1. The van der Waals surface area contributed by atoms with Crippen LogP contribution in [0.4, 0.5) is 18.9 Å². The average Bonchev–Trinajstić information content (AvgIpc) is 2.38. The number of hydrogen-bond acceptors (Lipinski definition) is 3. The molecule has 0 amide bonds. The summed E-state index contributed by atoms with van der Waals surface area (Å²) in [7, 11) is -2.48. The van der Waals surface area contributed by atoms with Gasteiger partial charge in [0.1, 0.15) is 5.75 Å². The van der Waals surface area contributed by atoms with Gasteiger partial charge in [0.05, 0.1) is 5.69 Å². The standard InChI is InChI=1S/C12H17F3N2O3S/c1-4-17(3)21(18,19)16-10-7-5-6-8-11(10)20-9(2)12(13,14)15/h5-9,16H,4H2,1-3H3. The predicted octanol–water partition coefficient (Wildman–Crippen LogP) is 2.62. The van der Waals surface area contributed by atoms with E-state index in [1.807, 2.05) is 0 Å². The summed E-state index contributed by atoms with van der Waals surface area (Å²) in [4.78, 5) is 0. The molecule has 0 bridgehead atoms. The van der Waals surface area contributed by atoms with Crippen LogP contribution >= 0.6 is 0 Å². The van der Waals surface area contributed by atoms with Crippen LogP contribution in [0.1, 0.15) is 13.8 Å². The van der Waals surface area contributed by atoms with Crippen molar-refractivity contribution in [2.24, 2.45) is 0 Å². The molecule has 1 aromatic carbocycles. The van der Waals surface area contributed by atoms with Gasteiger partial charge in [0, 0.05) is 13.6 Å². The number of rotatable bonds is 6. The van der Waals surface area contributed by atoms with Crippen LogP contribution in [0.2, 0.25) is 0 Å². The van der Waals surface area contributed by atoms with Crippen molar-refractivity contribution in [3.8, 4) is 5.75 Å². The van der Waals surface area contributed by atoms with E-state index in [2.05, 4.69) is 4.72 Å². The lowest BCUT2D eigenvalue weighted by Gasteiger charge is -2.21. The Labute approximate surface area is 121 Å². The number of alkyl halides is 3. The molecule has 21 heavy (non-hydrogen) atoms. The molecule has 0 aliphatic heterocycles. The highest BCUT2D eigenvalue weighted by molar-refractivity contribution is 7.90. The number of para-hydroxylation sites is 2. The summed E-state index contributed by atoms with van der Waals surface area (Å²) >= 11 is 0. The highest BCUT2D eigenvalue weighted by Gasteiger charge is 2.38. The van der Waals surface area contributed by atoms with Crippen molar-refractivity contribution in [1.82, 2.24) is 4.31 Å². The molecule has 0 saturated heterocycles. The van der Waals surface area contributed by atoms with E-state index in [1.54, 1.807) is 6.92 Å². The van der Waals surface area contributed by atoms with Crippen molar-refractivity contribution in [3.63, 3.8) is 0 Å². The molecule has 1 N–H and O–H groups in total. The largest absolute Gasteiger partial charge is 0.479 e. The van der Waals surface area contributed by atoms with E-state index < -0.39 is 22.5 Å². The Bertz CT molecular complexity index is 575. The monoisotopic (exact) mass is 326 g/mol. The van der Waals surface area contributed by atoms with E-state index in [0.29, 0.717) is 0 Å². The number of halogens is 3. The maximum Gasteiger partial charge on any atom is 0.425 e. The van der Waals surface area contributed by atoms with Crippen LogP contribution in [-0.4, -0.2) is 38.6 Å². The maximum atomic E-state index is 12.5. The van der Waals surface area contributed by atoms with Crippen LogP contribution in [0.5, 0.6) is 5.75 Å². The van der Waals surface area contributed by atoms with E-state index in [1.165, 1.54) is 31.3 Å². The Kier molecular flexibility index (Phi) is 5.46. The number of benzene rings is 1. The average molecular weight is 326 g/mol. The molecule has 1 atom stereocenters. The molecule has 1 aromatic rings. The zero-order valence-electron chi connectivity index (χ0n) is 11.8. The Morgan fingerprint density at radius 2 is 1.90 bits per heavy atom. The minimum absolute atomic E-state index is 0.0473. The van der Waals surface area contributed by atoms with Gasteiger partial charge in [-0.3, -0.25) is 4.72 Å². The molecule has 0 aliphatic carbocycles. The van der Waals surface area contributed by atoms with Crippen LogP contribution in [0.3, 0.4) is 0 Å². The quantitative estimate of drug-likeness (QED) is 0.874. The van der Waals surface area contributed by atoms with Gasteiger partial charge in [0.25, 0.3) is 0 Å². The van der Waals surface area contributed by atoms with Gasteiger partial charge in [-0.15, -0.1) is 0 Å². The highest BCUT2D eigenvalue weighted by atomic mass is 32.2. The third-order valence-electron chi connectivity index (χ3n) is 2.75. The van der Waals surface area contributed by atoms with Crippen molar-refractivity contribution in [2.45, 2.75) is 26.1 Å². The second-order valence-electron chi connectivity index (χ2n) is 4.32. The van der Waals surface area contributed by atoms with Gasteiger partial charge >= 0.3 is 16.4 Å². The zero-order valence-corrected chi connectivity index (χ0v) is 12.6. The summed E-state index contributed by atoms with van der Waals surface area (Å²) < 4.78 is 69.4. The van der Waals surface area contributed by atoms with Crippen LogP contribution in [0.25, 0.3) is 0 Å². The minimum Gasteiger partial charge on any atom is -0.479 e. The number of nitrogens with zero attached hydrogens (tertiary/aromatic N) is 1. The van der Waals surface area contributed by atoms with Crippen molar-refractivity contribution in [3.05, 3.63) is 24.3 Å². The molecule has 0 aromatic heterocycles. The SMILES string of the molecule is CCN(C)S(=O)(=O)Nc1ccccc1OC(C)C(F)(F)F. The zero-order chi connectivity index (χ0) is 16.3. The Morgan fingerprint density at radius 3 is 2.43 bits per heavy atom. The summed E-state index contributed by atoms with van der Waals surface area (Å²) in [5.41, 5.74) is -0.0473. The molecule has 0 saturated carbocycles. The fourth-order valence-corrected chi connectivity index (χ4v) is 2.24. The van der Waals surface area contributed by atoms with Crippen LogP contribution in [-0.2, 0) is 10.2 Å². The normalized spacial score (nSPS) is 14.0. The molecule has 0 aliphatic rings. The van der Waals surface area contributed by atoms with Gasteiger partial charge in [0.15, 0.2) is 6.10 Å². The Balaban J connectivity index is 3.01. The number of nitrogens with one attached hydrogen (secondary N) is 1. The molecule has 1 unspecified atom stereocenters. The van der Waals surface area contributed by atoms with Crippen LogP contribution < -0.4 is 9.46 Å². The first kappa shape index (κ1) is 17.6. The predicted molar refractivity (Wildman–Crippen MR) is 73.4 cm³/mol. The molecular formula is C12H17F3N2O3S. The summed E-state index contributed by atoms with van der Waals surface area (Å²) in [6.07, 6.45) is -6.58. The van der Waals surface area contributed by atoms with E-state index >= 15 is 0 Å². The molecular weight excluding hydrogens is 309 g/mol. The first-order valence-electron chi connectivity index (χ1n) is 6.14. The van der Waals surface area contributed by atoms with Crippen molar-refractivity contribution < 1.29 is 26.3 Å². The Morgan fingerprint density at radius 1 is 1.33 bits per heavy atom. The van der Waals surface area contributed by atoms with Crippen molar-refractivity contribution in [2.75, 3.05) is 18.3 Å². The molecule has 0 fully saturated rings. The summed E-state index contributed by atoms with van der Waals surface area (Å²) in [5.74, 6) is -0.185.